The van der Waals surface area contributed by atoms with E-state index in [1.165, 1.54) is 5.56 Å². The molecule has 1 aliphatic heterocycles. The van der Waals surface area contributed by atoms with E-state index in [1.54, 1.807) is 0 Å². The van der Waals surface area contributed by atoms with Crippen LogP contribution in [0, 0.1) is 0 Å². The zero-order chi connectivity index (χ0) is 14.6. The molecule has 0 saturated carbocycles. The normalized spacial score (nSPS) is 19.0. The fourth-order valence-corrected chi connectivity index (χ4v) is 3.19. The van der Waals surface area contributed by atoms with Gasteiger partial charge >= 0.3 is 0 Å². The molecular formula is C16H25BrN2O. The van der Waals surface area contributed by atoms with Gasteiger partial charge in [0.25, 0.3) is 0 Å². The maximum absolute atomic E-state index is 5.47. The van der Waals surface area contributed by atoms with Gasteiger partial charge in [0.15, 0.2) is 0 Å². The molecule has 1 N–H and O–H groups in total. The van der Waals surface area contributed by atoms with Gasteiger partial charge in [-0.25, -0.2) is 0 Å². The number of nitrogens with zero attached hydrogens (tertiary/aromatic N) is 1. The fourth-order valence-electron chi connectivity index (χ4n) is 2.92. The van der Waals surface area contributed by atoms with Crippen molar-refractivity contribution in [3.05, 3.63) is 34.3 Å². The molecule has 0 spiro atoms. The van der Waals surface area contributed by atoms with Crippen molar-refractivity contribution in [2.24, 2.45) is 0 Å². The van der Waals surface area contributed by atoms with Gasteiger partial charge in [0.1, 0.15) is 0 Å². The first-order valence-corrected chi connectivity index (χ1v) is 8.08. The summed E-state index contributed by atoms with van der Waals surface area (Å²) in [6.45, 7) is 8.39. The maximum atomic E-state index is 5.47. The van der Waals surface area contributed by atoms with Gasteiger partial charge in [0, 0.05) is 29.1 Å². The van der Waals surface area contributed by atoms with Gasteiger partial charge in [-0.2, -0.15) is 0 Å². The van der Waals surface area contributed by atoms with Crippen molar-refractivity contribution >= 4 is 15.9 Å². The number of benzene rings is 1. The second-order valence-corrected chi connectivity index (χ2v) is 6.84. The molecule has 0 aliphatic carbocycles. The monoisotopic (exact) mass is 340 g/mol. The Morgan fingerprint density at radius 1 is 1.25 bits per heavy atom. The lowest BCUT2D eigenvalue weighted by atomic mass is 9.87. The molecule has 1 heterocycles. The molecule has 0 radical (unpaired) electrons. The minimum Gasteiger partial charge on any atom is -0.379 e. The number of ether oxygens (including phenoxy) is 1. The Hall–Kier alpha value is -0.420. The summed E-state index contributed by atoms with van der Waals surface area (Å²) in [7, 11) is 2.06. The average Bonchev–Trinajstić information content (AvgIpc) is 2.47. The quantitative estimate of drug-likeness (QED) is 0.891. The van der Waals surface area contributed by atoms with E-state index in [4.69, 9.17) is 4.74 Å². The van der Waals surface area contributed by atoms with Crippen LogP contribution in [-0.4, -0.2) is 49.8 Å². The largest absolute Gasteiger partial charge is 0.379 e. The van der Waals surface area contributed by atoms with Gasteiger partial charge in [-0.05, 0) is 45.0 Å². The molecule has 0 aromatic heterocycles. The summed E-state index contributed by atoms with van der Waals surface area (Å²) in [5.41, 5.74) is 1.49. The molecule has 2 rings (SSSR count). The van der Waals surface area contributed by atoms with Crippen LogP contribution in [0.15, 0.2) is 28.7 Å². The lowest BCUT2D eigenvalue weighted by molar-refractivity contribution is -0.0223. The summed E-state index contributed by atoms with van der Waals surface area (Å²) in [4.78, 5) is 2.54. The van der Waals surface area contributed by atoms with Crippen LogP contribution in [0.25, 0.3) is 0 Å². The summed E-state index contributed by atoms with van der Waals surface area (Å²) in [5.74, 6) is 0. The first-order valence-electron chi connectivity index (χ1n) is 7.28. The summed E-state index contributed by atoms with van der Waals surface area (Å²) < 4.78 is 6.61. The van der Waals surface area contributed by atoms with Gasteiger partial charge < -0.3 is 10.1 Å². The van der Waals surface area contributed by atoms with E-state index < -0.39 is 0 Å². The Morgan fingerprint density at radius 3 is 2.40 bits per heavy atom. The molecule has 4 heteroatoms. The van der Waals surface area contributed by atoms with Crippen LogP contribution in [0.5, 0.6) is 0 Å². The highest BCUT2D eigenvalue weighted by atomic mass is 79.9. The molecule has 1 fully saturated rings. The molecule has 1 aromatic rings. The predicted molar refractivity (Wildman–Crippen MR) is 87.2 cm³/mol. The van der Waals surface area contributed by atoms with Crippen LogP contribution in [0.1, 0.15) is 19.4 Å². The number of rotatable bonds is 5. The second kappa shape index (κ2) is 7.03. The highest BCUT2D eigenvalue weighted by molar-refractivity contribution is 9.10. The standard InChI is InChI=1S/C16H25BrN2O/c1-16(2,19-8-10-20-11-9-19)15(18-3)12-13-4-6-14(17)7-5-13/h4-7,15,18H,8-12H2,1-3H3. The Bertz CT molecular complexity index is 413. The molecule has 1 aliphatic rings. The summed E-state index contributed by atoms with van der Waals surface area (Å²) >= 11 is 3.49. The van der Waals surface area contributed by atoms with E-state index in [-0.39, 0.29) is 5.54 Å². The van der Waals surface area contributed by atoms with Gasteiger partial charge in [0.05, 0.1) is 13.2 Å². The third-order valence-corrected chi connectivity index (χ3v) is 4.91. The predicted octanol–water partition coefficient (Wildman–Crippen LogP) is 2.69. The third kappa shape index (κ3) is 3.82. The zero-order valence-electron chi connectivity index (χ0n) is 12.7. The Morgan fingerprint density at radius 2 is 1.85 bits per heavy atom. The van der Waals surface area contributed by atoms with E-state index >= 15 is 0 Å². The lowest BCUT2D eigenvalue weighted by Gasteiger charge is -2.46. The molecular weight excluding hydrogens is 316 g/mol. The Balaban J connectivity index is 2.07. The molecule has 1 atom stereocenters. The van der Waals surface area contributed by atoms with E-state index in [1.807, 2.05) is 0 Å². The third-order valence-electron chi connectivity index (χ3n) is 4.38. The van der Waals surface area contributed by atoms with Crippen LogP contribution in [0.3, 0.4) is 0 Å². The first kappa shape index (κ1) is 16.0. The van der Waals surface area contributed by atoms with Crippen LogP contribution in [0.4, 0.5) is 0 Å². The lowest BCUT2D eigenvalue weighted by Crippen LogP contribution is -2.60. The number of halogens is 1. The molecule has 112 valence electrons. The van der Waals surface area contributed by atoms with Crippen molar-refractivity contribution < 1.29 is 4.74 Å². The number of likely N-dealkylation sites (N-methyl/N-ethyl adjacent to an activating group) is 1. The first-order chi connectivity index (χ1) is 9.54. The topological polar surface area (TPSA) is 24.5 Å². The Labute approximate surface area is 130 Å². The smallest absolute Gasteiger partial charge is 0.0594 e. The van der Waals surface area contributed by atoms with Crippen molar-refractivity contribution in [1.82, 2.24) is 10.2 Å². The van der Waals surface area contributed by atoms with Gasteiger partial charge in [-0.3, -0.25) is 4.90 Å². The number of nitrogens with one attached hydrogen (secondary N) is 1. The van der Waals surface area contributed by atoms with E-state index in [9.17, 15) is 0 Å². The minimum atomic E-state index is 0.117. The van der Waals surface area contributed by atoms with Crippen LogP contribution in [0.2, 0.25) is 0 Å². The minimum absolute atomic E-state index is 0.117. The maximum Gasteiger partial charge on any atom is 0.0594 e. The molecule has 0 bridgehead atoms. The SMILES string of the molecule is CNC(Cc1ccc(Br)cc1)C(C)(C)N1CCOCC1. The van der Waals surface area contributed by atoms with Crippen molar-refractivity contribution in [3.63, 3.8) is 0 Å². The van der Waals surface area contributed by atoms with Crippen LogP contribution in [-0.2, 0) is 11.2 Å². The second-order valence-electron chi connectivity index (χ2n) is 5.92. The summed E-state index contributed by atoms with van der Waals surface area (Å²) in [6, 6.07) is 9.04. The number of hydrogen-bond donors (Lipinski definition) is 1. The molecule has 0 amide bonds. The zero-order valence-corrected chi connectivity index (χ0v) is 14.2. The molecule has 20 heavy (non-hydrogen) atoms. The van der Waals surface area contributed by atoms with Crippen molar-refractivity contribution in [2.75, 3.05) is 33.4 Å². The Kier molecular flexibility index (Phi) is 5.61. The highest BCUT2D eigenvalue weighted by Gasteiger charge is 2.35. The molecule has 3 nitrogen and oxygen atoms in total. The van der Waals surface area contributed by atoms with Crippen LogP contribution < -0.4 is 5.32 Å². The fraction of sp³-hybridized carbons (Fsp3) is 0.625. The molecule has 1 aromatic carbocycles. The van der Waals surface area contributed by atoms with E-state index in [0.717, 1.165) is 37.2 Å². The van der Waals surface area contributed by atoms with Crippen molar-refractivity contribution in [3.8, 4) is 0 Å². The molecule has 1 unspecified atom stereocenters. The van der Waals surface area contributed by atoms with Gasteiger partial charge in [0.2, 0.25) is 0 Å². The highest BCUT2D eigenvalue weighted by Crippen LogP contribution is 2.23. The summed E-state index contributed by atoms with van der Waals surface area (Å²) in [5, 5.41) is 3.51. The summed E-state index contributed by atoms with van der Waals surface area (Å²) in [6.07, 6.45) is 1.04. The average molecular weight is 341 g/mol. The van der Waals surface area contributed by atoms with Gasteiger partial charge in [-0.15, -0.1) is 0 Å². The van der Waals surface area contributed by atoms with E-state index in [2.05, 4.69) is 71.3 Å². The van der Waals surface area contributed by atoms with Crippen molar-refractivity contribution in [1.29, 1.82) is 0 Å². The van der Waals surface area contributed by atoms with E-state index in [0.29, 0.717) is 6.04 Å². The van der Waals surface area contributed by atoms with Crippen LogP contribution >= 0.6 is 15.9 Å². The number of hydrogen-bond acceptors (Lipinski definition) is 3. The number of morpholine rings is 1. The van der Waals surface area contributed by atoms with Crippen molar-refractivity contribution in [2.45, 2.75) is 31.8 Å². The van der Waals surface area contributed by atoms with Gasteiger partial charge in [-0.1, -0.05) is 28.1 Å². The molecule has 1 saturated heterocycles.